The molecule has 105 heavy (non-hydrogen) atoms. The number of hydrogen-bond donors (Lipinski definition) is 5. The summed E-state index contributed by atoms with van der Waals surface area (Å²) >= 11 is 9.36. The number of ether oxygens (including phenoxy) is 1. The van der Waals surface area contributed by atoms with Crippen molar-refractivity contribution in [2.75, 3.05) is 108 Å². The molecule has 5 aromatic carbocycles. The Morgan fingerprint density at radius 2 is 1.43 bits per heavy atom. The van der Waals surface area contributed by atoms with Gasteiger partial charge >= 0.3 is 5.51 Å². The molecule has 0 saturated carbocycles. The second kappa shape index (κ2) is 36.8. The van der Waals surface area contributed by atoms with Gasteiger partial charge in [0.05, 0.1) is 52.0 Å². The number of unbranched alkanes of at least 4 members (excludes halogenated alkanes) is 6. The number of sulfonamides is 1. The average Bonchev–Trinajstić information content (AvgIpc) is 1.25. The number of halogens is 4. The van der Waals surface area contributed by atoms with Gasteiger partial charge in [0.25, 0.3) is 25.8 Å². The third kappa shape index (κ3) is 22.1. The van der Waals surface area contributed by atoms with Crippen molar-refractivity contribution in [3.05, 3.63) is 160 Å². The minimum atomic E-state index is -6.10. The molecule has 4 aliphatic heterocycles. The van der Waals surface area contributed by atoms with Gasteiger partial charge < -0.3 is 35.6 Å². The molecule has 0 spiro atoms. The molecule has 3 saturated heterocycles. The number of alkyl halides is 3. The van der Waals surface area contributed by atoms with Crippen molar-refractivity contribution in [3.8, 4) is 10.4 Å². The summed E-state index contributed by atoms with van der Waals surface area (Å²) in [5.74, 6) is -1.66. The van der Waals surface area contributed by atoms with E-state index in [2.05, 4.69) is 52.7 Å². The van der Waals surface area contributed by atoms with Crippen molar-refractivity contribution >= 4 is 95.1 Å². The predicted octanol–water partition coefficient (Wildman–Crippen LogP) is 12.3. The summed E-state index contributed by atoms with van der Waals surface area (Å²) in [5.41, 5.74) is 2.50. The van der Waals surface area contributed by atoms with E-state index in [1.54, 1.807) is 23.5 Å². The van der Waals surface area contributed by atoms with Gasteiger partial charge in [0.15, 0.2) is 0 Å². The first-order chi connectivity index (χ1) is 50.1. The van der Waals surface area contributed by atoms with E-state index in [0.717, 1.165) is 134 Å². The lowest BCUT2D eigenvalue weighted by atomic mass is 9.85. The summed E-state index contributed by atoms with van der Waals surface area (Å²) < 4.78 is 105. The van der Waals surface area contributed by atoms with E-state index < -0.39 is 76.4 Å². The SMILES string of the molecule is Cc1ncsc1-c1ccc([C@@H](C)NC(=O)[C@@H]2C[C@@H](O)CN2C(=O)C(NC(=O)CCCCCCCCCN2CCC(c3ccc(Cl)cc3)=C(CN3CCN(c4ccc(C(=O)NS(=O)(=O)c5ccc(NC(CCN6CCOCC6)CSc6ccccc6)c(S(=O)(=O)C(F)(F)F)c5)cc4)CC3)C2)C(C)(C)C)cc1. The Labute approximate surface area is 629 Å². The number of morpholine rings is 1. The van der Waals surface area contributed by atoms with Crippen molar-refractivity contribution in [1.29, 1.82) is 0 Å². The molecular weight excluding hydrogens is 1450 g/mol. The van der Waals surface area contributed by atoms with Crippen LogP contribution in [0, 0.1) is 12.3 Å². The molecule has 5 atom stereocenters. The van der Waals surface area contributed by atoms with Gasteiger partial charge in [-0.2, -0.15) is 13.2 Å². The molecule has 28 heteroatoms. The van der Waals surface area contributed by atoms with Crippen LogP contribution in [0.3, 0.4) is 0 Å². The number of carbonyl (C=O) groups excluding carboxylic acids is 4. The van der Waals surface area contributed by atoms with Crippen molar-refractivity contribution in [3.63, 3.8) is 0 Å². The van der Waals surface area contributed by atoms with Crippen LogP contribution in [0.4, 0.5) is 24.5 Å². The number of nitrogens with zero attached hydrogens (tertiary/aromatic N) is 6. The number of sulfone groups is 1. The third-order valence-corrected chi connectivity index (χ3v) is 25.2. The summed E-state index contributed by atoms with van der Waals surface area (Å²) in [6.45, 7) is 18.8. The number of β-amino-alcohol motifs (C(OH)–C–C–N with tert-alkyl or cyclic N) is 1. The summed E-state index contributed by atoms with van der Waals surface area (Å²) in [7, 11) is -11.0. The van der Waals surface area contributed by atoms with Gasteiger partial charge in [-0.15, -0.1) is 23.1 Å². The van der Waals surface area contributed by atoms with Crippen molar-refractivity contribution < 1.29 is 59.0 Å². The number of amides is 4. The third-order valence-electron chi connectivity index (χ3n) is 20.0. The van der Waals surface area contributed by atoms with Gasteiger partial charge in [0.1, 0.15) is 17.0 Å². The van der Waals surface area contributed by atoms with Crippen LogP contribution >= 0.6 is 34.7 Å². The molecule has 3 fully saturated rings. The van der Waals surface area contributed by atoms with Crippen LogP contribution in [0.25, 0.3) is 16.0 Å². The molecule has 5 N–H and O–H groups in total. The van der Waals surface area contributed by atoms with Gasteiger partial charge in [0, 0.05) is 118 Å². The monoisotopic (exact) mass is 1540 g/mol. The number of aryl methyl sites for hydroxylation is 1. The van der Waals surface area contributed by atoms with Crippen LogP contribution in [0.2, 0.25) is 5.02 Å². The smallest absolute Gasteiger partial charge is 0.391 e. The second-order valence-electron chi connectivity index (χ2n) is 28.8. The van der Waals surface area contributed by atoms with E-state index in [4.69, 9.17) is 16.3 Å². The Kier molecular flexibility index (Phi) is 28.2. The zero-order valence-electron chi connectivity index (χ0n) is 60.3. The number of rotatable bonds is 32. The van der Waals surface area contributed by atoms with E-state index in [1.807, 2.05) is 112 Å². The largest absolute Gasteiger partial charge is 0.501 e. The normalized spacial score (nSPS) is 18.4. The molecule has 10 rings (SSSR count). The van der Waals surface area contributed by atoms with Gasteiger partial charge in [-0.25, -0.2) is 26.5 Å². The highest BCUT2D eigenvalue weighted by atomic mass is 35.5. The maximum absolute atomic E-state index is 14.4. The van der Waals surface area contributed by atoms with E-state index in [1.165, 1.54) is 39.9 Å². The number of piperazine rings is 1. The fraction of sp³-hybridized carbons (Fsp3) is 0.494. The van der Waals surface area contributed by atoms with Gasteiger partial charge in [-0.05, 0) is 146 Å². The highest BCUT2D eigenvalue weighted by Crippen LogP contribution is 2.38. The minimum absolute atomic E-state index is 0.000158. The highest BCUT2D eigenvalue weighted by molar-refractivity contribution is 7.99. The number of thiazole rings is 1. The Hall–Kier alpha value is -6.92. The fourth-order valence-electron chi connectivity index (χ4n) is 13.9. The number of thioether (sulfide) groups is 1. The quantitative estimate of drug-likeness (QED) is 0.0195. The number of nitrogens with one attached hydrogen (secondary N) is 4. The number of hydrogen-bond acceptors (Lipinski definition) is 18. The molecule has 568 valence electrons. The molecule has 2 unspecified atom stereocenters. The summed E-state index contributed by atoms with van der Waals surface area (Å²) in [4.78, 5) is 70.1. The van der Waals surface area contributed by atoms with Gasteiger partial charge in [-0.1, -0.05) is 119 Å². The first-order valence-electron chi connectivity index (χ1n) is 36.2. The molecular formula is C77H98ClF3N10O10S4. The van der Waals surface area contributed by atoms with Crippen LogP contribution < -0.4 is 25.6 Å². The maximum Gasteiger partial charge on any atom is 0.501 e. The predicted molar refractivity (Wildman–Crippen MR) is 409 cm³/mol. The molecule has 0 radical (unpaired) electrons. The molecule has 5 heterocycles. The Bertz CT molecular complexity index is 4180. The first-order valence-corrected chi connectivity index (χ1v) is 41.4. The molecule has 6 aromatic rings. The lowest BCUT2D eigenvalue weighted by Gasteiger charge is -2.39. The van der Waals surface area contributed by atoms with E-state index in [-0.39, 0.29) is 48.7 Å². The molecule has 0 aliphatic carbocycles. The Morgan fingerprint density at radius 3 is 2.09 bits per heavy atom. The standard InChI is InChI=1S/C77H98ClF3N10O10S4/c1-53(55-19-21-57(22-20-55)71-54(2)82-52-103-71)83-74(95)68-46-63(92)50-91(68)75(96)72(76(3,4)5)85-70(93)18-14-9-7-6-8-10-15-35-88-37-34-66(56-23-27-60(78)28-24-56)59(48-88)49-89-38-40-90(41-39-89)62-29-25-58(26-30-62)73(94)86-105(99,100)65-31-32-67(69(47-65)104(97,98)77(79,80)81)84-61(33-36-87-42-44-101-45-43-87)51-102-64-16-12-11-13-17-64/h11-13,16-17,19-32,47,52-53,61,63,68,72,84,92H,6-10,14-15,18,33-46,48-51H2,1-5H3,(H,83,95)(H,85,93)(H,86,94)/t53-,61?,63-,68+,72?/m1/s1. The number of likely N-dealkylation sites (tertiary alicyclic amines) is 1. The second-order valence-corrected chi connectivity index (χ2v) is 34.8. The van der Waals surface area contributed by atoms with Crippen LogP contribution in [0.1, 0.15) is 132 Å². The lowest BCUT2D eigenvalue weighted by molar-refractivity contribution is -0.144. The number of benzene rings is 5. The van der Waals surface area contributed by atoms with Crippen molar-refractivity contribution in [1.82, 2.24) is 39.9 Å². The van der Waals surface area contributed by atoms with Crippen LogP contribution in [0.5, 0.6) is 0 Å². The number of aromatic nitrogens is 1. The van der Waals surface area contributed by atoms with E-state index in [9.17, 15) is 54.3 Å². The van der Waals surface area contributed by atoms with Crippen LogP contribution in [-0.2, 0) is 39.0 Å². The Balaban J connectivity index is 0.660. The highest BCUT2D eigenvalue weighted by Gasteiger charge is 2.49. The molecule has 20 nitrogen and oxygen atoms in total. The molecule has 0 bridgehead atoms. The number of anilines is 2. The number of carbonyl (C=O) groups is 4. The zero-order chi connectivity index (χ0) is 75.1. The Morgan fingerprint density at radius 1 is 0.762 bits per heavy atom. The topological polar surface area (TPSA) is 243 Å². The zero-order valence-corrected chi connectivity index (χ0v) is 64.4. The number of aliphatic hydroxyl groups is 1. The lowest BCUT2D eigenvalue weighted by Crippen LogP contribution is -2.57. The van der Waals surface area contributed by atoms with Crippen molar-refractivity contribution in [2.45, 2.75) is 156 Å². The molecule has 4 amide bonds. The maximum atomic E-state index is 14.4. The first kappa shape index (κ1) is 80.6. The summed E-state index contributed by atoms with van der Waals surface area (Å²) in [5, 5.41) is 20.5. The fourth-order valence-corrected chi connectivity index (χ4v) is 17.9. The van der Waals surface area contributed by atoms with E-state index in [0.29, 0.717) is 75.6 Å². The van der Waals surface area contributed by atoms with Gasteiger partial charge in [-0.3, -0.25) is 33.9 Å². The summed E-state index contributed by atoms with van der Waals surface area (Å²) in [6, 6.07) is 31.5. The average molecular weight is 1540 g/mol. The summed E-state index contributed by atoms with van der Waals surface area (Å²) in [6.07, 6.45) is 7.62. The van der Waals surface area contributed by atoms with E-state index >= 15 is 0 Å². The molecule has 1 aromatic heterocycles. The van der Waals surface area contributed by atoms with Crippen LogP contribution in [-0.4, -0.2) is 197 Å². The van der Waals surface area contributed by atoms with Gasteiger partial charge in [0.2, 0.25) is 17.7 Å². The molecule has 4 aliphatic rings. The van der Waals surface area contributed by atoms with Crippen LogP contribution in [0.15, 0.2) is 147 Å². The van der Waals surface area contributed by atoms with Crippen molar-refractivity contribution in [2.24, 2.45) is 5.41 Å². The minimum Gasteiger partial charge on any atom is -0.391 e. The number of aliphatic hydroxyl groups excluding tert-OH is 1.